The van der Waals surface area contributed by atoms with Gasteiger partial charge >= 0.3 is 0 Å². The molecule has 0 unspecified atom stereocenters. The molecule has 0 aromatic heterocycles. The summed E-state index contributed by atoms with van der Waals surface area (Å²) in [5.74, 6) is 0.489. The van der Waals surface area contributed by atoms with Gasteiger partial charge in [-0.2, -0.15) is 0 Å². The SMILES string of the molecule is CC(C)(NCCc1ccc(OCc2cccc(Br)c2)cc1)C(N)=O. The highest BCUT2D eigenvalue weighted by Crippen LogP contribution is 2.17. The van der Waals surface area contributed by atoms with Crippen molar-refractivity contribution in [3.63, 3.8) is 0 Å². The third-order valence-electron chi connectivity index (χ3n) is 3.81. The zero-order valence-corrected chi connectivity index (χ0v) is 15.6. The van der Waals surface area contributed by atoms with E-state index >= 15 is 0 Å². The number of carbonyl (C=O) groups excluding carboxylic acids is 1. The van der Waals surface area contributed by atoms with Gasteiger partial charge in [0.2, 0.25) is 5.91 Å². The van der Waals surface area contributed by atoms with E-state index in [0.29, 0.717) is 13.2 Å². The summed E-state index contributed by atoms with van der Waals surface area (Å²) in [6.07, 6.45) is 0.822. The molecule has 0 radical (unpaired) electrons. The molecule has 0 aliphatic rings. The molecule has 0 saturated heterocycles. The van der Waals surface area contributed by atoms with Crippen molar-refractivity contribution in [1.29, 1.82) is 0 Å². The maximum atomic E-state index is 11.3. The van der Waals surface area contributed by atoms with Gasteiger partial charge in [0, 0.05) is 11.0 Å². The van der Waals surface area contributed by atoms with E-state index in [1.165, 1.54) is 5.56 Å². The lowest BCUT2D eigenvalue weighted by Gasteiger charge is -2.22. The number of nitrogens with two attached hydrogens (primary N) is 1. The van der Waals surface area contributed by atoms with E-state index in [-0.39, 0.29) is 5.91 Å². The predicted molar refractivity (Wildman–Crippen MR) is 99.9 cm³/mol. The van der Waals surface area contributed by atoms with E-state index in [4.69, 9.17) is 10.5 Å². The smallest absolute Gasteiger partial charge is 0.237 e. The summed E-state index contributed by atoms with van der Waals surface area (Å²) in [4.78, 5) is 11.3. The van der Waals surface area contributed by atoms with Crippen LogP contribution < -0.4 is 15.8 Å². The number of hydrogen-bond donors (Lipinski definition) is 2. The van der Waals surface area contributed by atoms with Crippen LogP contribution in [-0.4, -0.2) is 18.0 Å². The maximum absolute atomic E-state index is 11.3. The fourth-order valence-electron chi connectivity index (χ4n) is 2.15. The number of benzene rings is 2. The second-order valence-electron chi connectivity index (χ2n) is 6.23. The van der Waals surface area contributed by atoms with E-state index in [0.717, 1.165) is 22.2 Å². The average Bonchev–Trinajstić information content (AvgIpc) is 2.54. The Morgan fingerprint density at radius 1 is 1.17 bits per heavy atom. The monoisotopic (exact) mass is 390 g/mol. The zero-order chi connectivity index (χ0) is 17.6. The highest BCUT2D eigenvalue weighted by molar-refractivity contribution is 9.10. The van der Waals surface area contributed by atoms with E-state index in [2.05, 4.69) is 21.2 Å². The van der Waals surface area contributed by atoms with Crippen molar-refractivity contribution in [3.05, 3.63) is 64.1 Å². The van der Waals surface area contributed by atoms with Gasteiger partial charge in [0.1, 0.15) is 12.4 Å². The van der Waals surface area contributed by atoms with E-state index in [1.54, 1.807) is 13.8 Å². The number of halogens is 1. The molecule has 0 aliphatic carbocycles. The Morgan fingerprint density at radius 2 is 1.88 bits per heavy atom. The van der Waals surface area contributed by atoms with Crippen LogP contribution in [0, 0.1) is 0 Å². The number of ether oxygens (including phenoxy) is 1. The Morgan fingerprint density at radius 3 is 2.50 bits per heavy atom. The minimum atomic E-state index is -0.687. The van der Waals surface area contributed by atoms with Gasteiger partial charge in [0.15, 0.2) is 0 Å². The lowest BCUT2D eigenvalue weighted by atomic mass is 10.0. The molecule has 4 nitrogen and oxygen atoms in total. The highest BCUT2D eigenvalue weighted by Gasteiger charge is 2.23. The van der Waals surface area contributed by atoms with Crippen LogP contribution in [0.3, 0.4) is 0 Å². The largest absolute Gasteiger partial charge is 0.489 e. The fraction of sp³-hybridized carbons (Fsp3) is 0.316. The molecule has 3 N–H and O–H groups in total. The minimum absolute atomic E-state index is 0.348. The van der Waals surface area contributed by atoms with Crippen LogP contribution in [0.5, 0.6) is 5.75 Å². The molecule has 2 rings (SSSR count). The lowest BCUT2D eigenvalue weighted by molar-refractivity contribution is -0.123. The molecule has 0 fully saturated rings. The third-order valence-corrected chi connectivity index (χ3v) is 4.31. The van der Waals surface area contributed by atoms with E-state index in [9.17, 15) is 4.79 Å². The molecule has 0 bridgehead atoms. The van der Waals surface area contributed by atoms with Crippen LogP contribution in [0.25, 0.3) is 0 Å². The van der Waals surface area contributed by atoms with Gasteiger partial charge in [0.05, 0.1) is 5.54 Å². The van der Waals surface area contributed by atoms with Crippen LogP contribution >= 0.6 is 15.9 Å². The second-order valence-corrected chi connectivity index (χ2v) is 7.14. The van der Waals surface area contributed by atoms with Gasteiger partial charge < -0.3 is 15.8 Å². The first-order valence-corrected chi connectivity index (χ1v) is 8.67. The van der Waals surface area contributed by atoms with Crippen LogP contribution in [-0.2, 0) is 17.8 Å². The molecule has 1 amide bonds. The predicted octanol–water partition coefficient (Wildman–Crippen LogP) is 3.42. The van der Waals surface area contributed by atoms with Crippen molar-refractivity contribution in [2.75, 3.05) is 6.54 Å². The summed E-state index contributed by atoms with van der Waals surface area (Å²) in [7, 11) is 0. The second kappa shape index (κ2) is 8.31. The summed E-state index contributed by atoms with van der Waals surface area (Å²) in [6.45, 7) is 4.80. The number of amides is 1. The standard InChI is InChI=1S/C19H23BrN2O2/c1-19(2,18(21)23)22-11-10-14-6-8-17(9-7-14)24-13-15-4-3-5-16(20)12-15/h3-9,12,22H,10-11,13H2,1-2H3,(H2,21,23). The summed E-state index contributed by atoms with van der Waals surface area (Å²) >= 11 is 3.45. The van der Waals surface area contributed by atoms with Crippen molar-refractivity contribution in [3.8, 4) is 5.75 Å². The van der Waals surface area contributed by atoms with Crippen molar-refractivity contribution in [2.45, 2.75) is 32.4 Å². The normalized spacial score (nSPS) is 11.3. The number of carbonyl (C=O) groups is 1. The Labute approximate surface area is 151 Å². The first-order chi connectivity index (χ1) is 11.4. The van der Waals surface area contributed by atoms with Crippen molar-refractivity contribution in [1.82, 2.24) is 5.32 Å². The zero-order valence-electron chi connectivity index (χ0n) is 14.0. The molecule has 2 aromatic carbocycles. The molecular formula is C19H23BrN2O2. The van der Waals surface area contributed by atoms with Gasteiger partial charge in [0.25, 0.3) is 0 Å². The first-order valence-electron chi connectivity index (χ1n) is 7.88. The number of hydrogen-bond acceptors (Lipinski definition) is 3. The Balaban J connectivity index is 1.81. The maximum Gasteiger partial charge on any atom is 0.237 e. The average molecular weight is 391 g/mol. The lowest BCUT2D eigenvalue weighted by Crippen LogP contribution is -2.51. The Bertz CT molecular complexity index is 684. The van der Waals surface area contributed by atoms with Crippen molar-refractivity contribution in [2.24, 2.45) is 5.73 Å². The summed E-state index contributed by atoms with van der Waals surface area (Å²) < 4.78 is 6.84. The third kappa shape index (κ3) is 5.65. The van der Waals surface area contributed by atoms with E-state index < -0.39 is 5.54 Å². The van der Waals surface area contributed by atoms with Gasteiger partial charge in [-0.25, -0.2) is 0 Å². The molecule has 128 valence electrons. The summed E-state index contributed by atoms with van der Waals surface area (Å²) in [6, 6.07) is 16.1. The molecule has 0 heterocycles. The Kier molecular flexibility index (Phi) is 6.40. The Hall–Kier alpha value is -1.85. The van der Waals surface area contributed by atoms with Gasteiger partial charge in [-0.05, 0) is 55.7 Å². The van der Waals surface area contributed by atoms with Crippen LogP contribution in [0.2, 0.25) is 0 Å². The molecule has 5 heteroatoms. The summed E-state index contributed by atoms with van der Waals surface area (Å²) in [5.41, 5.74) is 6.95. The minimum Gasteiger partial charge on any atom is -0.489 e. The van der Waals surface area contributed by atoms with Gasteiger partial charge in [-0.1, -0.05) is 40.2 Å². The molecule has 0 saturated carbocycles. The first kappa shape index (κ1) is 18.5. The number of rotatable bonds is 8. The van der Waals surface area contributed by atoms with Crippen LogP contribution in [0.15, 0.2) is 53.0 Å². The van der Waals surface area contributed by atoms with Crippen molar-refractivity contribution >= 4 is 21.8 Å². The van der Waals surface area contributed by atoms with Gasteiger partial charge in [-0.3, -0.25) is 4.79 Å². The molecular weight excluding hydrogens is 368 g/mol. The fourth-order valence-corrected chi connectivity index (χ4v) is 2.60. The van der Waals surface area contributed by atoms with Crippen LogP contribution in [0.1, 0.15) is 25.0 Å². The molecule has 2 aromatic rings. The number of primary amides is 1. The molecule has 0 atom stereocenters. The quantitative estimate of drug-likeness (QED) is 0.725. The molecule has 0 aliphatic heterocycles. The number of nitrogens with one attached hydrogen (secondary N) is 1. The van der Waals surface area contributed by atoms with Crippen LogP contribution in [0.4, 0.5) is 0 Å². The highest BCUT2D eigenvalue weighted by atomic mass is 79.9. The molecule has 24 heavy (non-hydrogen) atoms. The van der Waals surface area contributed by atoms with Gasteiger partial charge in [-0.15, -0.1) is 0 Å². The topological polar surface area (TPSA) is 64.3 Å². The molecule has 0 spiro atoms. The summed E-state index contributed by atoms with van der Waals surface area (Å²) in [5, 5.41) is 3.16. The van der Waals surface area contributed by atoms with E-state index in [1.807, 2.05) is 48.5 Å². The van der Waals surface area contributed by atoms with Crippen molar-refractivity contribution < 1.29 is 9.53 Å².